The van der Waals surface area contributed by atoms with Gasteiger partial charge in [0.15, 0.2) is 0 Å². The van der Waals surface area contributed by atoms with Gasteiger partial charge >= 0.3 is 0 Å². The standard InChI is InChI=1S/C23H31N5O5S/c1-3-34(31,32)27-16-14-25(15-17-27)20-6-9-22(28(29)30)23(18-20)26-12-10-24(11-13-26)19-4-7-21(33-2)8-5-19/h4-9,18H,3,10-17H2,1-2H3. The summed E-state index contributed by atoms with van der Waals surface area (Å²) in [6, 6.07) is 13.1. The predicted molar refractivity (Wildman–Crippen MR) is 134 cm³/mol. The fourth-order valence-electron chi connectivity index (χ4n) is 4.52. The first-order valence-corrected chi connectivity index (χ1v) is 13.1. The Labute approximate surface area is 200 Å². The van der Waals surface area contributed by atoms with E-state index in [2.05, 4.69) is 14.7 Å². The molecule has 0 N–H and O–H groups in total. The Hall–Kier alpha value is -3.05. The van der Waals surface area contributed by atoms with E-state index in [1.807, 2.05) is 30.3 Å². The normalized spacial score (nSPS) is 17.6. The molecule has 0 aliphatic carbocycles. The summed E-state index contributed by atoms with van der Waals surface area (Å²) in [6.45, 7) is 6.44. The van der Waals surface area contributed by atoms with Crippen molar-refractivity contribution in [3.8, 4) is 5.75 Å². The smallest absolute Gasteiger partial charge is 0.292 e. The molecular formula is C23H31N5O5S. The van der Waals surface area contributed by atoms with E-state index in [-0.39, 0.29) is 16.4 Å². The summed E-state index contributed by atoms with van der Waals surface area (Å²) in [7, 11) is -1.56. The molecule has 11 heteroatoms. The number of piperazine rings is 2. The molecule has 2 aliphatic rings. The number of anilines is 3. The van der Waals surface area contributed by atoms with Gasteiger partial charge in [-0.3, -0.25) is 10.1 Å². The van der Waals surface area contributed by atoms with Gasteiger partial charge in [0.05, 0.1) is 17.8 Å². The fraction of sp³-hybridized carbons (Fsp3) is 0.478. The third-order valence-corrected chi connectivity index (χ3v) is 8.46. The molecule has 0 radical (unpaired) electrons. The summed E-state index contributed by atoms with van der Waals surface area (Å²) in [5.74, 6) is 0.903. The minimum Gasteiger partial charge on any atom is -0.497 e. The largest absolute Gasteiger partial charge is 0.497 e. The number of nitro benzene ring substituents is 1. The van der Waals surface area contributed by atoms with Gasteiger partial charge in [-0.1, -0.05) is 0 Å². The van der Waals surface area contributed by atoms with Gasteiger partial charge in [-0.05, 0) is 43.3 Å². The van der Waals surface area contributed by atoms with Crippen molar-refractivity contribution in [3.05, 3.63) is 52.6 Å². The Balaban J connectivity index is 1.47. The van der Waals surface area contributed by atoms with E-state index in [0.717, 1.165) is 30.2 Å². The topological polar surface area (TPSA) is 99.5 Å². The van der Waals surface area contributed by atoms with Crippen LogP contribution in [0.1, 0.15) is 6.92 Å². The maximum Gasteiger partial charge on any atom is 0.292 e. The van der Waals surface area contributed by atoms with Gasteiger partial charge in [0, 0.05) is 69.8 Å². The highest BCUT2D eigenvalue weighted by atomic mass is 32.2. The summed E-state index contributed by atoms with van der Waals surface area (Å²) < 4.78 is 31.1. The highest BCUT2D eigenvalue weighted by Gasteiger charge is 2.28. The van der Waals surface area contributed by atoms with Gasteiger partial charge in [0.2, 0.25) is 10.0 Å². The molecule has 0 aromatic heterocycles. The van der Waals surface area contributed by atoms with Gasteiger partial charge in [-0.15, -0.1) is 0 Å². The van der Waals surface area contributed by atoms with E-state index < -0.39 is 10.0 Å². The maximum atomic E-state index is 12.2. The number of benzene rings is 2. The second kappa shape index (κ2) is 10.1. The molecule has 10 nitrogen and oxygen atoms in total. The van der Waals surface area contributed by atoms with Crippen LogP contribution in [0.15, 0.2) is 42.5 Å². The number of nitro groups is 1. The number of hydrogen-bond acceptors (Lipinski definition) is 8. The van der Waals surface area contributed by atoms with Crippen molar-refractivity contribution < 1.29 is 18.1 Å². The van der Waals surface area contributed by atoms with Crippen LogP contribution < -0.4 is 19.4 Å². The second-order valence-corrected chi connectivity index (χ2v) is 10.6. The van der Waals surface area contributed by atoms with Crippen LogP contribution in [-0.4, -0.2) is 82.9 Å². The molecular weight excluding hydrogens is 458 g/mol. The predicted octanol–water partition coefficient (Wildman–Crippen LogP) is 2.40. The zero-order valence-corrected chi connectivity index (χ0v) is 20.4. The van der Waals surface area contributed by atoms with Crippen LogP contribution in [0, 0.1) is 10.1 Å². The van der Waals surface area contributed by atoms with Gasteiger partial charge in [-0.25, -0.2) is 8.42 Å². The summed E-state index contributed by atoms with van der Waals surface area (Å²) in [6.07, 6.45) is 0. The van der Waals surface area contributed by atoms with Crippen LogP contribution in [0.2, 0.25) is 0 Å². The maximum absolute atomic E-state index is 12.2. The lowest BCUT2D eigenvalue weighted by molar-refractivity contribution is -0.384. The van der Waals surface area contributed by atoms with Crippen LogP contribution in [0.25, 0.3) is 0 Å². The van der Waals surface area contributed by atoms with Crippen LogP contribution >= 0.6 is 0 Å². The van der Waals surface area contributed by atoms with E-state index in [9.17, 15) is 18.5 Å². The first kappa shape index (κ1) is 24.1. The number of rotatable bonds is 7. The molecule has 2 aromatic rings. The van der Waals surface area contributed by atoms with E-state index in [4.69, 9.17) is 4.74 Å². The van der Waals surface area contributed by atoms with Crippen molar-refractivity contribution in [2.45, 2.75) is 6.92 Å². The Bertz CT molecular complexity index is 1110. The summed E-state index contributed by atoms with van der Waals surface area (Å²) in [5, 5.41) is 11.8. The SMILES string of the molecule is CCS(=O)(=O)N1CCN(c2ccc([N+](=O)[O-])c(N3CCN(c4ccc(OC)cc4)CC3)c2)CC1. The van der Waals surface area contributed by atoms with Crippen molar-refractivity contribution in [2.75, 3.05) is 79.9 Å². The summed E-state index contributed by atoms with van der Waals surface area (Å²) in [5.41, 5.74) is 2.68. The number of methoxy groups -OCH3 is 1. The number of sulfonamides is 1. The van der Waals surface area contributed by atoms with Gasteiger partial charge in [0.25, 0.3) is 5.69 Å². The molecule has 2 aromatic carbocycles. The molecule has 0 unspecified atom stereocenters. The Morgan fingerprint density at radius 1 is 0.853 bits per heavy atom. The van der Waals surface area contributed by atoms with Gasteiger partial charge in [0.1, 0.15) is 11.4 Å². The van der Waals surface area contributed by atoms with E-state index in [0.29, 0.717) is 45.0 Å². The molecule has 2 fully saturated rings. The Kier molecular flexibility index (Phi) is 7.13. The minimum atomic E-state index is -3.20. The fourth-order valence-corrected chi connectivity index (χ4v) is 5.61. The van der Waals surface area contributed by atoms with E-state index in [1.54, 1.807) is 26.2 Å². The highest BCUT2D eigenvalue weighted by Crippen LogP contribution is 2.34. The molecule has 2 saturated heterocycles. The van der Waals surface area contributed by atoms with E-state index in [1.165, 1.54) is 4.31 Å². The molecule has 2 heterocycles. The molecule has 0 amide bonds. The monoisotopic (exact) mass is 489 g/mol. The molecule has 4 rings (SSSR count). The molecule has 34 heavy (non-hydrogen) atoms. The summed E-state index contributed by atoms with van der Waals surface area (Å²) in [4.78, 5) is 17.9. The van der Waals surface area contributed by atoms with E-state index >= 15 is 0 Å². The molecule has 0 atom stereocenters. The third kappa shape index (κ3) is 5.05. The van der Waals surface area contributed by atoms with Crippen LogP contribution in [0.3, 0.4) is 0 Å². The van der Waals surface area contributed by atoms with Crippen molar-refractivity contribution >= 4 is 32.8 Å². The lowest BCUT2D eigenvalue weighted by Gasteiger charge is -2.38. The van der Waals surface area contributed by atoms with Crippen LogP contribution in [0.4, 0.5) is 22.7 Å². The van der Waals surface area contributed by atoms with Gasteiger partial charge in [-0.2, -0.15) is 4.31 Å². The average Bonchev–Trinajstić information content (AvgIpc) is 2.88. The molecule has 184 valence electrons. The van der Waals surface area contributed by atoms with Crippen molar-refractivity contribution in [1.29, 1.82) is 0 Å². The van der Waals surface area contributed by atoms with Crippen molar-refractivity contribution in [1.82, 2.24) is 4.31 Å². The van der Waals surface area contributed by atoms with Crippen LogP contribution in [-0.2, 0) is 10.0 Å². The number of nitrogens with zero attached hydrogens (tertiary/aromatic N) is 5. The molecule has 0 saturated carbocycles. The summed E-state index contributed by atoms with van der Waals surface area (Å²) >= 11 is 0. The second-order valence-electron chi connectivity index (χ2n) is 8.39. The van der Waals surface area contributed by atoms with Crippen LogP contribution in [0.5, 0.6) is 5.75 Å². The lowest BCUT2D eigenvalue weighted by atomic mass is 10.1. The van der Waals surface area contributed by atoms with Crippen molar-refractivity contribution in [3.63, 3.8) is 0 Å². The first-order chi connectivity index (χ1) is 16.3. The average molecular weight is 490 g/mol. The molecule has 0 spiro atoms. The lowest BCUT2D eigenvalue weighted by Crippen LogP contribution is -2.49. The van der Waals surface area contributed by atoms with Crippen molar-refractivity contribution in [2.24, 2.45) is 0 Å². The number of hydrogen-bond donors (Lipinski definition) is 0. The number of ether oxygens (including phenoxy) is 1. The Morgan fingerprint density at radius 3 is 1.94 bits per heavy atom. The van der Waals surface area contributed by atoms with Gasteiger partial charge < -0.3 is 19.4 Å². The first-order valence-electron chi connectivity index (χ1n) is 11.5. The zero-order chi connectivity index (χ0) is 24.3. The minimum absolute atomic E-state index is 0.0915. The quantitative estimate of drug-likeness (QED) is 0.432. The molecule has 2 aliphatic heterocycles. The Morgan fingerprint density at radius 2 is 1.38 bits per heavy atom. The third-order valence-electron chi connectivity index (χ3n) is 6.58. The zero-order valence-electron chi connectivity index (χ0n) is 19.6. The molecule has 0 bridgehead atoms. The highest BCUT2D eigenvalue weighted by molar-refractivity contribution is 7.89.